The van der Waals surface area contributed by atoms with Crippen LogP contribution in [0.5, 0.6) is 0 Å². The van der Waals surface area contributed by atoms with Gasteiger partial charge in [-0.1, -0.05) is 11.6 Å². The number of hydrogen-bond donors (Lipinski definition) is 0. The van der Waals surface area contributed by atoms with E-state index in [2.05, 4.69) is 4.98 Å². The van der Waals surface area contributed by atoms with E-state index in [4.69, 9.17) is 11.6 Å². The van der Waals surface area contributed by atoms with Gasteiger partial charge in [0, 0.05) is 18.8 Å². The standard InChI is InChI=1S/C11H14ClN3O3/c1-4-14(7(2)3)11(16)8-5-6-13-10(12)9(8)15(17)18/h5-7H,4H2,1-3H3. The Morgan fingerprint density at radius 1 is 1.61 bits per heavy atom. The summed E-state index contributed by atoms with van der Waals surface area (Å²) in [6.07, 6.45) is 1.29. The van der Waals surface area contributed by atoms with Crippen molar-refractivity contribution in [3.63, 3.8) is 0 Å². The SMILES string of the molecule is CCN(C(=O)c1ccnc(Cl)c1[N+](=O)[O-])C(C)C. The highest BCUT2D eigenvalue weighted by Crippen LogP contribution is 2.27. The van der Waals surface area contributed by atoms with Crippen molar-refractivity contribution >= 4 is 23.2 Å². The Kier molecular flexibility index (Phi) is 4.61. The van der Waals surface area contributed by atoms with Crippen molar-refractivity contribution in [2.75, 3.05) is 6.54 Å². The molecule has 0 spiro atoms. The van der Waals surface area contributed by atoms with Crippen molar-refractivity contribution in [1.82, 2.24) is 9.88 Å². The Balaban J connectivity index is 3.29. The van der Waals surface area contributed by atoms with Crippen molar-refractivity contribution in [1.29, 1.82) is 0 Å². The Morgan fingerprint density at radius 2 is 2.22 bits per heavy atom. The number of nitrogens with zero attached hydrogens (tertiary/aromatic N) is 3. The summed E-state index contributed by atoms with van der Waals surface area (Å²) in [4.78, 5) is 27.6. The molecule has 1 rings (SSSR count). The second kappa shape index (κ2) is 5.77. The van der Waals surface area contributed by atoms with E-state index in [1.807, 2.05) is 20.8 Å². The van der Waals surface area contributed by atoms with E-state index in [9.17, 15) is 14.9 Å². The Labute approximate surface area is 110 Å². The number of hydrogen-bond acceptors (Lipinski definition) is 4. The third kappa shape index (κ3) is 2.76. The number of nitro groups is 1. The van der Waals surface area contributed by atoms with Gasteiger partial charge in [-0.05, 0) is 26.8 Å². The van der Waals surface area contributed by atoms with E-state index < -0.39 is 16.5 Å². The second-order valence-corrected chi connectivity index (χ2v) is 4.30. The summed E-state index contributed by atoms with van der Waals surface area (Å²) >= 11 is 5.67. The number of carbonyl (C=O) groups is 1. The number of halogens is 1. The molecule has 0 aliphatic carbocycles. The maximum Gasteiger partial charge on any atom is 0.319 e. The van der Waals surface area contributed by atoms with Crippen LogP contribution in [0.2, 0.25) is 5.15 Å². The van der Waals surface area contributed by atoms with Gasteiger partial charge < -0.3 is 4.90 Å². The first-order valence-corrected chi connectivity index (χ1v) is 5.87. The minimum atomic E-state index is -0.684. The molecule has 1 heterocycles. The monoisotopic (exact) mass is 271 g/mol. The minimum absolute atomic E-state index is 0.0319. The number of aromatic nitrogens is 1. The summed E-state index contributed by atoms with van der Waals surface area (Å²) in [5.74, 6) is -0.413. The van der Waals surface area contributed by atoms with E-state index in [-0.39, 0.29) is 16.8 Å². The van der Waals surface area contributed by atoms with E-state index >= 15 is 0 Å². The molecule has 7 heteroatoms. The summed E-state index contributed by atoms with van der Waals surface area (Å²) in [7, 11) is 0. The zero-order chi connectivity index (χ0) is 13.9. The summed E-state index contributed by atoms with van der Waals surface area (Å²) < 4.78 is 0. The van der Waals surface area contributed by atoms with Crippen LogP contribution in [0.15, 0.2) is 12.3 Å². The molecule has 0 atom stereocenters. The van der Waals surface area contributed by atoms with Crippen LogP contribution in [-0.2, 0) is 0 Å². The summed E-state index contributed by atoms with van der Waals surface area (Å²) in [6, 6.07) is 1.27. The quantitative estimate of drug-likeness (QED) is 0.479. The second-order valence-electron chi connectivity index (χ2n) is 3.94. The number of rotatable bonds is 4. The van der Waals surface area contributed by atoms with Crippen molar-refractivity contribution < 1.29 is 9.72 Å². The molecule has 6 nitrogen and oxygen atoms in total. The van der Waals surface area contributed by atoms with Crippen LogP contribution in [0, 0.1) is 10.1 Å². The Bertz CT molecular complexity index is 477. The molecule has 0 saturated carbocycles. The van der Waals surface area contributed by atoms with Gasteiger partial charge in [0.25, 0.3) is 5.91 Å². The Hall–Kier alpha value is -1.69. The topological polar surface area (TPSA) is 76.3 Å². The first-order valence-electron chi connectivity index (χ1n) is 5.50. The van der Waals surface area contributed by atoms with Crippen LogP contribution in [0.4, 0.5) is 5.69 Å². The number of pyridine rings is 1. The van der Waals surface area contributed by atoms with Gasteiger partial charge in [0.05, 0.1) is 4.92 Å². The number of amides is 1. The lowest BCUT2D eigenvalue weighted by atomic mass is 10.1. The van der Waals surface area contributed by atoms with Crippen LogP contribution >= 0.6 is 11.6 Å². The normalized spacial score (nSPS) is 10.5. The number of carbonyl (C=O) groups excluding carboxylic acids is 1. The first-order chi connectivity index (χ1) is 8.40. The van der Waals surface area contributed by atoms with Crippen molar-refractivity contribution in [3.8, 4) is 0 Å². The molecule has 0 N–H and O–H groups in total. The average molecular weight is 272 g/mol. The first kappa shape index (κ1) is 14.4. The van der Waals surface area contributed by atoms with Crippen LogP contribution in [-0.4, -0.2) is 33.3 Å². The fourth-order valence-corrected chi connectivity index (χ4v) is 1.90. The molecule has 1 amide bonds. The molecule has 0 aromatic carbocycles. The van der Waals surface area contributed by atoms with Gasteiger partial charge in [-0.25, -0.2) is 4.98 Å². The molecular weight excluding hydrogens is 258 g/mol. The van der Waals surface area contributed by atoms with Gasteiger partial charge in [-0.3, -0.25) is 14.9 Å². The molecule has 0 aliphatic rings. The fourth-order valence-electron chi connectivity index (χ4n) is 1.67. The van der Waals surface area contributed by atoms with Gasteiger partial charge in [0.1, 0.15) is 5.56 Å². The van der Waals surface area contributed by atoms with Gasteiger partial charge in [-0.15, -0.1) is 0 Å². The van der Waals surface area contributed by atoms with E-state index in [1.165, 1.54) is 17.2 Å². The molecule has 1 aromatic rings. The molecule has 18 heavy (non-hydrogen) atoms. The lowest BCUT2D eigenvalue weighted by Gasteiger charge is -2.24. The maximum atomic E-state index is 12.2. The molecular formula is C11H14ClN3O3. The predicted octanol–water partition coefficient (Wildman–Crippen LogP) is 2.51. The molecule has 1 aromatic heterocycles. The lowest BCUT2D eigenvalue weighted by molar-refractivity contribution is -0.385. The van der Waals surface area contributed by atoms with Gasteiger partial charge in [-0.2, -0.15) is 0 Å². The van der Waals surface area contributed by atoms with Crippen molar-refractivity contribution in [2.45, 2.75) is 26.8 Å². The third-order valence-corrected chi connectivity index (χ3v) is 2.79. The summed E-state index contributed by atoms with van der Waals surface area (Å²) in [5.41, 5.74) is -0.473. The van der Waals surface area contributed by atoms with Gasteiger partial charge >= 0.3 is 5.69 Å². The molecule has 0 saturated heterocycles. The molecule has 0 fully saturated rings. The molecule has 0 unspecified atom stereocenters. The fraction of sp³-hybridized carbons (Fsp3) is 0.455. The van der Waals surface area contributed by atoms with Crippen LogP contribution in [0.3, 0.4) is 0 Å². The van der Waals surface area contributed by atoms with E-state index in [0.717, 1.165) is 0 Å². The molecule has 98 valence electrons. The van der Waals surface area contributed by atoms with Crippen LogP contribution in [0.25, 0.3) is 0 Å². The van der Waals surface area contributed by atoms with Gasteiger partial charge in [0.2, 0.25) is 5.15 Å². The minimum Gasteiger partial charge on any atom is -0.336 e. The Morgan fingerprint density at radius 3 is 2.67 bits per heavy atom. The zero-order valence-electron chi connectivity index (χ0n) is 10.4. The maximum absolute atomic E-state index is 12.2. The highest BCUT2D eigenvalue weighted by atomic mass is 35.5. The predicted molar refractivity (Wildman–Crippen MR) is 67.7 cm³/mol. The lowest BCUT2D eigenvalue weighted by Crippen LogP contribution is -2.37. The highest BCUT2D eigenvalue weighted by molar-refractivity contribution is 6.32. The van der Waals surface area contributed by atoms with Crippen LogP contribution < -0.4 is 0 Å². The van der Waals surface area contributed by atoms with E-state index in [1.54, 1.807) is 0 Å². The largest absolute Gasteiger partial charge is 0.336 e. The summed E-state index contributed by atoms with van der Waals surface area (Å²) in [5, 5.41) is 10.7. The average Bonchev–Trinajstić information content (AvgIpc) is 2.28. The van der Waals surface area contributed by atoms with Crippen molar-refractivity contribution in [3.05, 3.63) is 33.1 Å². The van der Waals surface area contributed by atoms with E-state index in [0.29, 0.717) is 6.54 Å². The van der Waals surface area contributed by atoms with Crippen molar-refractivity contribution in [2.24, 2.45) is 0 Å². The molecule has 0 radical (unpaired) electrons. The molecule has 0 bridgehead atoms. The smallest absolute Gasteiger partial charge is 0.319 e. The highest BCUT2D eigenvalue weighted by Gasteiger charge is 2.28. The van der Waals surface area contributed by atoms with Crippen LogP contribution in [0.1, 0.15) is 31.1 Å². The van der Waals surface area contributed by atoms with Gasteiger partial charge in [0.15, 0.2) is 0 Å². The summed E-state index contributed by atoms with van der Waals surface area (Å²) in [6.45, 7) is 5.96. The third-order valence-electron chi connectivity index (χ3n) is 2.52. The molecule has 0 aliphatic heterocycles. The zero-order valence-corrected chi connectivity index (χ0v) is 11.1.